The van der Waals surface area contributed by atoms with Crippen LogP contribution in [0.5, 0.6) is 0 Å². The van der Waals surface area contributed by atoms with Gasteiger partial charge in [0.25, 0.3) is 0 Å². The summed E-state index contributed by atoms with van der Waals surface area (Å²) < 4.78 is 28.2. The molecule has 0 aromatic carbocycles. The summed E-state index contributed by atoms with van der Waals surface area (Å²) in [6.07, 6.45) is 5.55. The molecule has 120 valence electrons. The van der Waals surface area contributed by atoms with Crippen LogP contribution >= 0.6 is 0 Å². The molecule has 1 aromatic rings. The van der Waals surface area contributed by atoms with E-state index in [-0.39, 0.29) is 16.9 Å². The Hall–Kier alpha value is -0.920. The average molecular weight is 314 g/mol. The van der Waals surface area contributed by atoms with Gasteiger partial charge in [0.2, 0.25) is 10.0 Å². The molecule has 1 aliphatic carbocycles. The fraction of sp³-hybridized carbons (Fsp3) is 0.786. The van der Waals surface area contributed by atoms with Crippen LogP contribution in [0.15, 0.2) is 17.3 Å². The highest BCUT2D eigenvalue weighted by atomic mass is 32.2. The molecule has 1 atom stereocenters. The number of nitrogens with zero attached hydrogens (tertiary/aromatic N) is 3. The fourth-order valence-electron chi connectivity index (χ4n) is 2.08. The number of sulfonamides is 1. The van der Waals surface area contributed by atoms with Crippen LogP contribution in [0.4, 0.5) is 0 Å². The zero-order valence-electron chi connectivity index (χ0n) is 13.3. The van der Waals surface area contributed by atoms with Crippen LogP contribution in [0, 0.1) is 5.92 Å². The molecule has 1 aliphatic rings. The van der Waals surface area contributed by atoms with Crippen molar-refractivity contribution in [2.24, 2.45) is 5.92 Å². The molecule has 0 saturated heterocycles. The predicted molar refractivity (Wildman–Crippen MR) is 82.5 cm³/mol. The maximum absolute atomic E-state index is 12.5. The average Bonchev–Trinajstić information content (AvgIpc) is 3.12. The number of nitrogens with one attached hydrogen (secondary N) is 1. The molecule has 1 unspecified atom stereocenters. The first-order valence-electron chi connectivity index (χ1n) is 7.56. The first-order chi connectivity index (χ1) is 9.82. The van der Waals surface area contributed by atoms with Crippen LogP contribution in [0.25, 0.3) is 0 Å². The second-order valence-corrected chi connectivity index (χ2v) is 8.17. The molecule has 0 bridgehead atoms. The molecule has 0 spiro atoms. The first kappa shape index (κ1) is 16.5. The molecule has 1 N–H and O–H groups in total. The Morgan fingerprint density at radius 1 is 1.43 bits per heavy atom. The maximum atomic E-state index is 12.5. The van der Waals surface area contributed by atoms with E-state index in [0.29, 0.717) is 12.6 Å². The van der Waals surface area contributed by atoms with Gasteiger partial charge in [-0.3, -0.25) is 4.68 Å². The molecule has 1 saturated carbocycles. The van der Waals surface area contributed by atoms with Crippen molar-refractivity contribution in [3.05, 3.63) is 12.4 Å². The largest absolute Gasteiger partial charge is 0.312 e. The van der Waals surface area contributed by atoms with E-state index in [1.54, 1.807) is 17.9 Å². The smallest absolute Gasteiger partial charge is 0.246 e. The van der Waals surface area contributed by atoms with Crippen LogP contribution in [0.1, 0.15) is 33.6 Å². The van der Waals surface area contributed by atoms with Crippen molar-refractivity contribution in [1.82, 2.24) is 19.4 Å². The number of hydrogen-bond donors (Lipinski definition) is 1. The Morgan fingerprint density at radius 2 is 2.10 bits per heavy atom. The first-order valence-corrected chi connectivity index (χ1v) is 9.00. The van der Waals surface area contributed by atoms with E-state index in [9.17, 15) is 8.42 Å². The molecular formula is C14H26N4O2S. The molecule has 0 aliphatic heterocycles. The maximum Gasteiger partial charge on any atom is 0.246 e. The predicted octanol–water partition coefficient (Wildman–Crippen LogP) is 1.30. The normalized spacial score (nSPS) is 17.6. The standard InChI is InChI=1S/C14H26N4O2S/c1-11(2)12(3)17(4)21(19,20)14-9-16-18(10-14)8-7-15-13-5-6-13/h9-13,15H,5-8H2,1-4H3. The van der Waals surface area contributed by atoms with Gasteiger partial charge in [-0.05, 0) is 25.7 Å². The van der Waals surface area contributed by atoms with Gasteiger partial charge in [-0.15, -0.1) is 0 Å². The third kappa shape index (κ3) is 4.05. The summed E-state index contributed by atoms with van der Waals surface area (Å²) in [5.74, 6) is 0.266. The van der Waals surface area contributed by atoms with Gasteiger partial charge in [-0.25, -0.2) is 8.42 Å². The Bertz CT molecular complexity index is 563. The summed E-state index contributed by atoms with van der Waals surface area (Å²) in [6, 6.07) is 0.608. The van der Waals surface area contributed by atoms with E-state index in [1.165, 1.54) is 23.3 Å². The lowest BCUT2D eigenvalue weighted by Crippen LogP contribution is -2.38. The second-order valence-electron chi connectivity index (χ2n) is 6.17. The van der Waals surface area contributed by atoms with E-state index in [1.807, 2.05) is 20.8 Å². The van der Waals surface area contributed by atoms with E-state index >= 15 is 0 Å². The summed E-state index contributed by atoms with van der Waals surface area (Å²) in [5, 5.41) is 7.55. The van der Waals surface area contributed by atoms with E-state index in [0.717, 1.165) is 6.54 Å². The molecule has 6 nitrogen and oxygen atoms in total. The van der Waals surface area contributed by atoms with Crippen molar-refractivity contribution in [1.29, 1.82) is 0 Å². The summed E-state index contributed by atoms with van der Waals surface area (Å²) in [5.41, 5.74) is 0. The summed E-state index contributed by atoms with van der Waals surface area (Å²) in [6.45, 7) is 7.47. The van der Waals surface area contributed by atoms with Crippen molar-refractivity contribution >= 4 is 10.0 Å². The molecule has 1 aromatic heterocycles. The van der Waals surface area contributed by atoms with Crippen molar-refractivity contribution in [2.45, 2.75) is 57.1 Å². The van der Waals surface area contributed by atoms with E-state index in [2.05, 4.69) is 10.4 Å². The van der Waals surface area contributed by atoms with Crippen LogP contribution in [0.3, 0.4) is 0 Å². The molecule has 21 heavy (non-hydrogen) atoms. The van der Waals surface area contributed by atoms with Gasteiger partial charge >= 0.3 is 0 Å². The Labute approximate surface area is 127 Å². The lowest BCUT2D eigenvalue weighted by molar-refractivity contribution is 0.315. The topological polar surface area (TPSA) is 67.2 Å². The highest BCUT2D eigenvalue weighted by Gasteiger charge is 2.28. The Balaban J connectivity index is 2.00. The Kier molecular flexibility index (Phi) is 5.06. The quantitative estimate of drug-likeness (QED) is 0.785. The molecule has 1 heterocycles. The third-order valence-electron chi connectivity index (χ3n) is 4.18. The Morgan fingerprint density at radius 3 is 2.67 bits per heavy atom. The van der Waals surface area contributed by atoms with Crippen molar-refractivity contribution in [3.8, 4) is 0 Å². The number of rotatable bonds is 8. The lowest BCUT2D eigenvalue weighted by Gasteiger charge is -2.26. The highest BCUT2D eigenvalue weighted by molar-refractivity contribution is 7.89. The van der Waals surface area contributed by atoms with Gasteiger partial charge in [0.15, 0.2) is 0 Å². The van der Waals surface area contributed by atoms with Crippen LogP contribution in [-0.2, 0) is 16.6 Å². The van der Waals surface area contributed by atoms with Crippen LogP contribution < -0.4 is 5.32 Å². The van der Waals surface area contributed by atoms with Gasteiger partial charge in [-0.2, -0.15) is 9.40 Å². The van der Waals surface area contributed by atoms with Gasteiger partial charge in [-0.1, -0.05) is 13.8 Å². The van der Waals surface area contributed by atoms with Gasteiger partial charge in [0, 0.05) is 31.9 Å². The van der Waals surface area contributed by atoms with Gasteiger partial charge in [0.05, 0.1) is 12.7 Å². The minimum Gasteiger partial charge on any atom is -0.312 e. The molecule has 0 radical (unpaired) electrons. The van der Waals surface area contributed by atoms with Crippen molar-refractivity contribution < 1.29 is 8.42 Å². The number of aromatic nitrogens is 2. The van der Waals surface area contributed by atoms with Gasteiger partial charge in [0.1, 0.15) is 4.90 Å². The summed E-state index contributed by atoms with van der Waals surface area (Å²) in [7, 11) is -1.83. The zero-order valence-corrected chi connectivity index (χ0v) is 14.1. The van der Waals surface area contributed by atoms with E-state index < -0.39 is 10.0 Å². The molecule has 0 amide bonds. The summed E-state index contributed by atoms with van der Waals surface area (Å²) in [4.78, 5) is 0.268. The van der Waals surface area contributed by atoms with Crippen LogP contribution in [0.2, 0.25) is 0 Å². The monoisotopic (exact) mass is 314 g/mol. The SMILES string of the molecule is CC(C)C(C)N(C)S(=O)(=O)c1cnn(CCNC2CC2)c1. The zero-order chi connectivity index (χ0) is 15.6. The number of hydrogen-bond acceptors (Lipinski definition) is 4. The highest BCUT2D eigenvalue weighted by Crippen LogP contribution is 2.20. The van der Waals surface area contributed by atoms with Crippen molar-refractivity contribution in [2.75, 3.05) is 13.6 Å². The lowest BCUT2D eigenvalue weighted by atomic mass is 10.1. The van der Waals surface area contributed by atoms with Crippen LogP contribution in [-0.4, -0.2) is 48.2 Å². The molecule has 2 rings (SSSR count). The third-order valence-corrected chi connectivity index (χ3v) is 6.07. The fourth-order valence-corrected chi connectivity index (χ4v) is 3.52. The van der Waals surface area contributed by atoms with Gasteiger partial charge < -0.3 is 5.32 Å². The molecule has 7 heteroatoms. The molecule has 1 fully saturated rings. The summed E-state index contributed by atoms with van der Waals surface area (Å²) >= 11 is 0. The van der Waals surface area contributed by atoms with E-state index in [4.69, 9.17) is 0 Å². The van der Waals surface area contributed by atoms with Crippen molar-refractivity contribution in [3.63, 3.8) is 0 Å². The minimum absolute atomic E-state index is 0.0464. The molecular weight excluding hydrogens is 288 g/mol. The minimum atomic E-state index is -3.46. The second kappa shape index (κ2) is 6.46.